The van der Waals surface area contributed by atoms with Crippen LogP contribution in [0.2, 0.25) is 0 Å². The van der Waals surface area contributed by atoms with Crippen LogP contribution in [0.3, 0.4) is 0 Å². The van der Waals surface area contributed by atoms with E-state index in [2.05, 4.69) is 20.1 Å². The SMILES string of the molecule is O=C(CCSc1nnc(C2CC2)n1C1CC1)Nc1ccccc1[N+](=O)[O-]. The first-order valence-corrected chi connectivity index (χ1v) is 9.73. The number of amides is 1. The van der Waals surface area contributed by atoms with Crippen LogP contribution < -0.4 is 5.32 Å². The number of nitro benzene ring substituents is 1. The number of carbonyl (C=O) groups is 1. The van der Waals surface area contributed by atoms with Crippen molar-refractivity contribution in [3.8, 4) is 0 Å². The molecule has 4 rings (SSSR count). The highest BCUT2D eigenvalue weighted by atomic mass is 32.2. The van der Waals surface area contributed by atoms with E-state index in [0.717, 1.165) is 11.0 Å². The molecule has 136 valence electrons. The van der Waals surface area contributed by atoms with Gasteiger partial charge in [-0.15, -0.1) is 10.2 Å². The van der Waals surface area contributed by atoms with Crippen molar-refractivity contribution in [3.05, 3.63) is 40.2 Å². The minimum atomic E-state index is -0.498. The van der Waals surface area contributed by atoms with Crippen molar-refractivity contribution in [2.75, 3.05) is 11.1 Å². The fourth-order valence-electron chi connectivity index (χ4n) is 2.87. The molecule has 2 saturated carbocycles. The highest BCUT2D eigenvalue weighted by molar-refractivity contribution is 7.99. The molecule has 1 aromatic heterocycles. The molecule has 0 bridgehead atoms. The van der Waals surface area contributed by atoms with E-state index < -0.39 is 4.92 Å². The fourth-order valence-corrected chi connectivity index (χ4v) is 3.82. The molecule has 2 aromatic rings. The zero-order valence-corrected chi connectivity index (χ0v) is 14.9. The van der Waals surface area contributed by atoms with Gasteiger partial charge in [0.2, 0.25) is 5.91 Å². The number of hydrogen-bond acceptors (Lipinski definition) is 6. The monoisotopic (exact) mass is 373 g/mol. The summed E-state index contributed by atoms with van der Waals surface area (Å²) in [5.41, 5.74) is 0.126. The summed E-state index contributed by atoms with van der Waals surface area (Å²) >= 11 is 1.53. The Morgan fingerprint density at radius 3 is 2.73 bits per heavy atom. The molecule has 2 aliphatic carbocycles. The smallest absolute Gasteiger partial charge is 0.292 e. The second kappa shape index (κ2) is 7.06. The van der Waals surface area contributed by atoms with Gasteiger partial charge in [-0.1, -0.05) is 23.9 Å². The predicted molar refractivity (Wildman–Crippen MR) is 97.3 cm³/mol. The molecule has 1 heterocycles. The second-order valence-electron chi connectivity index (χ2n) is 6.64. The summed E-state index contributed by atoms with van der Waals surface area (Å²) in [5.74, 6) is 1.97. The van der Waals surface area contributed by atoms with Gasteiger partial charge >= 0.3 is 0 Å². The predicted octanol–water partition coefficient (Wildman–Crippen LogP) is 3.52. The Morgan fingerprint density at radius 2 is 2.04 bits per heavy atom. The Balaban J connectivity index is 1.34. The van der Waals surface area contributed by atoms with Gasteiger partial charge in [-0.2, -0.15) is 0 Å². The molecule has 1 N–H and O–H groups in total. The molecule has 0 aliphatic heterocycles. The van der Waals surface area contributed by atoms with Crippen molar-refractivity contribution >= 4 is 29.0 Å². The fraction of sp³-hybridized carbons (Fsp3) is 0.471. The van der Waals surface area contributed by atoms with E-state index in [-0.39, 0.29) is 23.7 Å². The summed E-state index contributed by atoms with van der Waals surface area (Å²) in [7, 11) is 0. The molecule has 0 unspecified atom stereocenters. The van der Waals surface area contributed by atoms with Gasteiger partial charge in [0.25, 0.3) is 5.69 Å². The molecule has 0 saturated heterocycles. The number of para-hydroxylation sites is 2. The Kier molecular flexibility index (Phi) is 4.62. The summed E-state index contributed by atoms with van der Waals surface area (Å²) in [6.45, 7) is 0. The number of rotatable bonds is 8. The molecule has 8 nitrogen and oxygen atoms in total. The summed E-state index contributed by atoms with van der Waals surface area (Å²) in [6, 6.07) is 6.67. The van der Waals surface area contributed by atoms with Crippen LogP contribution in [0.1, 0.15) is 49.9 Å². The van der Waals surface area contributed by atoms with E-state index in [1.165, 1.54) is 49.6 Å². The number of carbonyl (C=O) groups excluding carboxylic acids is 1. The Labute approximate surface area is 154 Å². The van der Waals surface area contributed by atoms with Gasteiger partial charge in [-0.25, -0.2) is 0 Å². The number of benzene rings is 1. The second-order valence-corrected chi connectivity index (χ2v) is 7.70. The number of nitro groups is 1. The third-order valence-corrected chi connectivity index (χ3v) is 5.43. The van der Waals surface area contributed by atoms with Gasteiger partial charge in [-0.3, -0.25) is 14.9 Å². The van der Waals surface area contributed by atoms with Crippen LogP contribution in [-0.4, -0.2) is 31.3 Å². The van der Waals surface area contributed by atoms with Crippen LogP contribution in [0.4, 0.5) is 11.4 Å². The lowest BCUT2D eigenvalue weighted by atomic mass is 10.2. The largest absolute Gasteiger partial charge is 0.320 e. The van der Waals surface area contributed by atoms with Crippen LogP contribution in [-0.2, 0) is 4.79 Å². The zero-order valence-electron chi connectivity index (χ0n) is 14.1. The van der Waals surface area contributed by atoms with Gasteiger partial charge in [-0.05, 0) is 31.7 Å². The first kappa shape index (κ1) is 17.0. The molecule has 0 spiro atoms. The van der Waals surface area contributed by atoms with Crippen molar-refractivity contribution < 1.29 is 9.72 Å². The summed E-state index contributed by atoms with van der Waals surface area (Å²) in [5, 5.41) is 23.2. The van der Waals surface area contributed by atoms with Gasteiger partial charge in [0.05, 0.1) is 4.92 Å². The van der Waals surface area contributed by atoms with Crippen LogP contribution in [0.15, 0.2) is 29.4 Å². The van der Waals surface area contributed by atoms with Crippen molar-refractivity contribution in [1.29, 1.82) is 0 Å². The molecular weight excluding hydrogens is 354 g/mol. The highest BCUT2D eigenvalue weighted by Gasteiger charge is 2.36. The van der Waals surface area contributed by atoms with Crippen molar-refractivity contribution in [2.24, 2.45) is 0 Å². The van der Waals surface area contributed by atoms with E-state index in [1.807, 2.05) is 0 Å². The number of anilines is 1. The third kappa shape index (κ3) is 3.72. The average molecular weight is 373 g/mol. The molecule has 0 atom stereocenters. The van der Waals surface area contributed by atoms with Gasteiger partial charge < -0.3 is 9.88 Å². The van der Waals surface area contributed by atoms with Crippen molar-refractivity contribution in [3.63, 3.8) is 0 Å². The van der Waals surface area contributed by atoms with Gasteiger partial charge in [0.15, 0.2) is 5.16 Å². The van der Waals surface area contributed by atoms with Crippen LogP contribution in [0.5, 0.6) is 0 Å². The van der Waals surface area contributed by atoms with Crippen molar-refractivity contribution in [1.82, 2.24) is 14.8 Å². The lowest BCUT2D eigenvalue weighted by Gasteiger charge is -2.08. The summed E-state index contributed by atoms with van der Waals surface area (Å²) in [6.07, 6.45) is 4.97. The van der Waals surface area contributed by atoms with E-state index in [4.69, 9.17) is 0 Å². The summed E-state index contributed by atoms with van der Waals surface area (Å²) in [4.78, 5) is 22.6. The molecule has 2 fully saturated rings. The molecule has 0 radical (unpaired) electrons. The average Bonchev–Trinajstić information content (AvgIpc) is 3.54. The number of aromatic nitrogens is 3. The highest BCUT2D eigenvalue weighted by Crippen LogP contribution is 2.46. The van der Waals surface area contributed by atoms with Gasteiger partial charge in [0, 0.05) is 30.2 Å². The maximum Gasteiger partial charge on any atom is 0.292 e. The Hall–Kier alpha value is -2.42. The maximum atomic E-state index is 12.1. The molecule has 1 aromatic carbocycles. The molecule has 2 aliphatic rings. The number of nitrogens with one attached hydrogen (secondary N) is 1. The normalized spacial score (nSPS) is 16.5. The zero-order chi connectivity index (χ0) is 18.1. The quantitative estimate of drug-likeness (QED) is 0.431. The Morgan fingerprint density at radius 1 is 1.27 bits per heavy atom. The maximum absolute atomic E-state index is 12.1. The Bertz CT molecular complexity index is 845. The van der Waals surface area contributed by atoms with Crippen LogP contribution >= 0.6 is 11.8 Å². The third-order valence-electron chi connectivity index (χ3n) is 4.48. The minimum Gasteiger partial charge on any atom is -0.320 e. The minimum absolute atomic E-state index is 0.101. The van der Waals surface area contributed by atoms with E-state index in [1.54, 1.807) is 12.1 Å². The number of nitrogens with zero attached hydrogens (tertiary/aromatic N) is 4. The van der Waals surface area contributed by atoms with E-state index in [0.29, 0.717) is 17.7 Å². The number of thioether (sulfide) groups is 1. The first-order chi connectivity index (χ1) is 12.6. The van der Waals surface area contributed by atoms with Crippen LogP contribution in [0, 0.1) is 10.1 Å². The molecule has 1 amide bonds. The van der Waals surface area contributed by atoms with E-state index >= 15 is 0 Å². The molecule has 9 heteroatoms. The lowest BCUT2D eigenvalue weighted by Crippen LogP contribution is -2.13. The number of hydrogen-bond donors (Lipinski definition) is 1. The first-order valence-electron chi connectivity index (χ1n) is 8.74. The standard InChI is InChI=1S/C17H19N5O3S/c23-15(18-13-3-1-2-4-14(13)22(24)25)9-10-26-17-20-19-16(11-5-6-11)21(17)12-7-8-12/h1-4,11-12H,5-10H2,(H,18,23). The summed E-state index contributed by atoms with van der Waals surface area (Å²) < 4.78 is 2.25. The topological polar surface area (TPSA) is 103 Å². The van der Waals surface area contributed by atoms with Gasteiger partial charge in [0.1, 0.15) is 11.5 Å². The van der Waals surface area contributed by atoms with Crippen molar-refractivity contribution in [2.45, 2.75) is 49.2 Å². The van der Waals surface area contributed by atoms with E-state index in [9.17, 15) is 14.9 Å². The molecule has 26 heavy (non-hydrogen) atoms. The lowest BCUT2D eigenvalue weighted by molar-refractivity contribution is -0.383. The van der Waals surface area contributed by atoms with Crippen LogP contribution in [0.25, 0.3) is 0 Å². The molecular formula is C17H19N5O3S.